The van der Waals surface area contributed by atoms with Crippen molar-refractivity contribution in [2.24, 2.45) is 0 Å². The van der Waals surface area contributed by atoms with Gasteiger partial charge in [-0.1, -0.05) is 27.5 Å². The predicted octanol–water partition coefficient (Wildman–Crippen LogP) is 4.98. The van der Waals surface area contributed by atoms with Crippen molar-refractivity contribution in [2.45, 2.75) is 13.3 Å². The smallest absolute Gasteiger partial charge is 0.167 e. The van der Waals surface area contributed by atoms with E-state index >= 15 is 0 Å². The van der Waals surface area contributed by atoms with Crippen LogP contribution in [0.4, 0.5) is 4.39 Å². The van der Waals surface area contributed by atoms with Gasteiger partial charge in [-0.25, -0.2) is 4.39 Å². The predicted molar refractivity (Wildman–Crippen MR) is 78.3 cm³/mol. The Morgan fingerprint density at radius 2 is 2.00 bits per heavy atom. The lowest BCUT2D eigenvalue weighted by atomic mass is 10.0. The van der Waals surface area contributed by atoms with Gasteiger partial charge in [0.2, 0.25) is 0 Å². The molecule has 0 saturated carbocycles. The summed E-state index contributed by atoms with van der Waals surface area (Å²) in [6.45, 7) is 1.86. The first-order chi connectivity index (χ1) is 8.95. The molecule has 0 aliphatic carbocycles. The molecule has 0 amide bonds. The number of hydrogen-bond acceptors (Lipinski definition) is 1. The number of carbonyl (C=O) groups is 1. The lowest BCUT2D eigenvalue weighted by Crippen LogP contribution is -2.05. The van der Waals surface area contributed by atoms with Crippen molar-refractivity contribution < 1.29 is 9.18 Å². The van der Waals surface area contributed by atoms with Crippen LogP contribution in [0.25, 0.3) is 0 Å². The number of aryl methyl sites for hydroxylation is 1. The Balaban J connectivity index is 2.28. The zero-order valence-corrected chi connectivity index (χ0v) is 12.6. The van der Waals surface area contributed by atoms with Crippen molar-refractivity contribution in [3.8, 4) is 0 Å². The van der Waals surface area contributed by atoms with E-state index in [9.17, 15) is 9.18 Å². The Hall–Kier alpha value is -1.19. The van der Waals surface area contributed by atoms with Gasteiger partial charge >= 0.3 is 0 Å². The number of hydrogen-bond donors (Lipinski definition) is 0. The second-order valence-electron chi connectivity index (χ2n) is 4.35. The van der Waals surface area contributed by atoms with E-state index in [4.69, 9.17) is 11.6 Å². The van der Waals surface area contributed by atoms with Gasteiger partial charge in [0.15, 0.2) is 5.78 Å². The number of benzene rings is 2. The van der Waals surface area contributed by atoms with Crippen LogP contribution in [0.15, 0.2) is 40.9 Å². The van der Waals surface area contributed by atoms with Gasteiger partial charge in [-0.3, -0.25) is 4.79 Å². The summed E-state index contributed by atoms with van der Waals surface area (Å²) in [5.41, 5.74) is 1.78. The lowest BCUT2D eigenvalue weighted by molar-refractivity contribution is 0.0991. The van der Waals surface area contributed by atoms with Gasteiger partial charge in [-0.05, 0) is 54.4 Å². The van der Waals surface area contributed by atoms with Crippen LogP contribution in [0.1, 0.15) is 21.5 Å². The summed E-state index contributed by atoms with van der Waals surface area (Å²) >= 11 is 9.19. The summed E-state index contributed by atoms with van der Waals surface area (Å²) in [4.78, 5) is 12.1. The van der Waals surface area contributed by atoms with Crippen LogP contribution in [0.5, 0.6) is 0 Å². The van der Waals surface area contributed by atoms with Gasteiger partial charge in [0.25, 0.3) is 0 Å². The van der Waals surface area contributed by atoms with Crippen molar-refractivity contribution >= 4 is 33.3 Å². The molecule has 0 aliphatic heterocycles. The fourth-order valence-corrected chi connectivity index (χ4v) is 2.55. The van der Waals surface area contributed by atoms with Crippen LogP contribution in [-0.2, 0) is 6.42 Å². The average Bonchev–Trinajstić information content (AvgIpc) is 2.32. The minimum absolute atomic E-state index is 0.0189. The molecule has 0 bridgehead atoms. The summed E-state index contributed by atoms with van der Waals surface area (Å²) in [7, 11) is 0. The van der Waals surface area contributed by atoms with Gasteiger partial charge in [0.05, 0.1) is 0 Å². The first-order valence-electron chi connectivity index (χ1n) is 5.70. The Morgan fingerprint density at radius 1 is 1.26 bits per heavy atom. The highest BCUT2D eigenvalue weighted by atomic mass is 79.9. The summed E-state index contributed by atoms with van der Waals surface area (Å²) in [6.07, 6.45) is 0.0189. The highest BCUT2D eigenvalue weighted by Crippen LogP contribution is 2.20. The normalized spacial score (nSPS) is 10.5. The van der Waals surface area contributed by atoms with Crippen molar-refractivity contribution in [1.29, 1.82) is 0 Å². The molecule has 1 nitrogen and oxygen atoms in total. The second-order valence-corrected chi connectivity index (χ2v) is 5.71. The average molecular weight is 342 g/mol. The van der Waals surface area contributed by atoms with Gasteiger partial charge in [0.1, 0.15) is 5.82 Å². The van der Waals surface area contributed by atoms with Crippen LogP contribution >= 0.6 is 27.5 Å². The first-order valence-corrected chi connectivity index (χ1v) is 6.87. The molecule has 0 N–H and O–H groups in total. The Labute approximate surface area is 124 Å². The molecule has 98 valence electrons. The van der Waals surface area contributed by atoms with Gasteiger partial charge in [-0.15, -0.1) is 0 Å². The van der Waals surface area contributed by atoms with Crippen LogP contribution in [0.2, 0.25) is 5.02 Å². The third kappa shape index (κ3) is 3.64. The molecule has 19 heavy (non-hydrogen) atoms. The summed E-state index contributed by atoms with van der Waals surface area (Å²) in [6, 6.07) is 9.70. The molecule has 0 unspecified atom stereocenters. The fraction of sp³-hybridized carbons (Fsp3) is 0.133. The van der Waals surface area contributed by atoms with E-state index in [1.54, 1.807) is 30.3 Å². The summed E-state index contributed by atoms with van der Waals surface area (Å²) < 4.78 is 14.4. The molecule has 0 heterocycles. The standard InChI is InChI=1S/C15H11BrClFO/c1-9-4-11(7-13(17)5-9)15(19)8-10-6-12(16)2-3-14(10)18/h2-7H,8H2,1H3. The maximum absolute atomic E-state index is 13.6. The number of rotatable bonds is 3. The first kappa shape index (κ1) is 14.2. The summed E-state index contributed by atoms with van der Waals surface area (Å²) in [5, 5.41) is 0.512. The van der Waals surface area contributed by atoms with Crippen molar-refractivity contribution in [3.05, 3.63) is 68.4 Å². The number of halogens is 3. The molecular weight excluding hydrogens is 331 g/mol. The topological polar surface area (TPSA) is 17.1 Å². The van der Waals surface area contributed by atoms with E-state index in [-0.39, 0.29) is 18.0 Å². The molecule has 0 aliphatic rings. The zero-order chi connectivity index (χ0) is 14.0. The number of Topliss-reactive ketones (excluding diaryl/α,β-unsaturated/α-hetero) is 1. The second kappa shape index (κ2) is 5.85. The zero-order valence-electron chi connectivity index (χ0n) is 10.2. The van der Waals surface area contributed by atoms with E-state index in [1.165, 1.54) is 6.07 Å². The van der Waals surface area contributed by atoms with Gasteiger partial charge in [0, 0.05) is 21.5 Å². The maximum Gasteiger partial charge on any atom is 0.167 e. The highest BCUT2D eigenvalue weighted by Gasteiger charge is 2.12. The Morgan fingerprint density at radius 3 is 2.68 bits per heavy atom. The van der Waals surface area contributed by atoms with Gasteiger partial charge < -0.3 is 0 Å². The molecule has 0 spiro atoms. The Bertz CT molecular complexity index is 620. The molecule has 2 aromatic rings. The summed E-state index contributed by atoms with van der Waals surface area (Å²) in [5.74, 6) is -0.530. The monoisotopic (exact) mass is 340 g/mol. The third-order valence-corrected chi connectivity index (χ3v) is 3.43. The molecule has 2 rings (SSSR count). The lowest BCUT2D eigenvalue weighted by Gasteiger charge is -2.05. The molecular formula is C15H11BrClFO. The van der Waals surface area contributed by atoms with Crippen molar-refractivity contribution in [2.75, 3.05) is 0 Å². The van der Waals surface area contributed by atoms with E-state index in [0.29, 0.717) is 16.1 Å². The van der Waals surface area contributed by atoms with Crippen LogP contribution < -0.4 is 0 Å². The van der Waals surface area contributed by atoms with Crippen LogP contribution in [0, 0.1) is 12.7 Å². The van der Waals surface area contributed by atoms with E-state index in [0.717, 1.165) is 10.0 Å². The van der Waals surface area contributed by atoms with E-state index in [2.05, 4.69) is 15.9 Å². The van der Waals surface area contributed by atoms with Crippen molar-refractivity contribution in [3.63, 3.8) is 0 Å². The van der Waals surface area contributed by atoms with Crippen LogP contribution in [-0.4, -0.2) is 5.78 Å². The molecule has 0 fully saturated rings. The van der Waals surface area contributed by atoms with Crippen molar-refractivity contribution in [1.82, 2.24) is 0 Å². The third-order valence-electron chi connectivity index (χ3n) is 2.72. The number of ketones is 1. The highest BCUT2D eigenvalue weighted by molar-refractivity contribution is 9.10. The fourth-order valence-electron chi connectivity index (χ4n) is 1.85. The number of carbonyl (C=O) groups excluding carboxylic acids is 1. The minimum Gasteiger partial charge on any atom is -0.294 e. The Kier molecular flexibility index (Phi) is 4.38. The largest absolute Gasteiger partial charge is 0.294 e. The maximum atomic E-state index is 13.6. The molecule has 0 aromatic heterocycles. The quantitative estimate of drug-likeness (QED) is 0.720. The molecule has 4 heteroatoms. The van der Waals surface area contributed by atoms with E-state index in [1.807, 2.05) is 6.92 Å². The molecule has 0 saturated heterocycles. The molecule has 0 atom stereocenters. The van der Waals surface area contributed by atoms with Gasteiger partial charge in [-0.2, -0.15) is 0 Å². The SMILES string of the molecule is Cc1cc(Cl)cc(C(=O)Cc2cc(Br)ccc2F)c1. The molecule has 2 aromatic carbocycles. The minimum atomic E-state index is -0.379. The van der Waals surface area contributed by atoms with E-state index < -0.39 is 0 Å². The molecule has 0 radical (unpaired) electrons. The van der Waals surface area contributed by atoms with Crippen LogP contribution in [0.3, 0.4) is 0 Å².